The van der Waals surface area contributed by atoms with Crippen molar-refractivity contribution < 1.29 is 32.3 Å². The number of fused-ring (bicyclic) bond motifs is 1. The van der Waals surface area contributed by atoms with E-state index in [0.717, 1.165) is 19.2 Å². The number of ether oxygens (including phenoxy) is 1. The van der Waals surface area contributed by atoms with E-state index in [-0.39, 0.29) is 30.6 Å². The van der Waals surface area contributed by atoms with Crippen LogP contribution in [0.5, 0.6) is 0 Å². The lowest BCUT2D eigenvalue weighted by atomic mass is 9.80. The molecule has 2 aromatic carbocycles. The van der Waals surface area contributed by atoms with Gasteiger partial charge in [0.2, 0.25) is 11.7 Å². The summed E-state index contributed by atoms with van der Waals surface area (Å²) >= 11 is 0. The number of nitrogens with zero attached hydrogens (tertiary/aromatic N) is 6. The van der Waals surface area contributed by atoms with Crippen LogP contribution >= 0.6 is 0 Å². The molecule has 15 heteroatoms. The molecule has 1 spiro atoms. The highest BCUT2D eigenvalue weighted by atomic mass is 19.4. The van der Waals surface area contributed by atoms with E-state index < -0.39 is 41.5 Å². The van der Waals surface area contributed by atoms with E-state index in [1.807, 2.05) is 49.4 Å². The van der Waals surface area contributed by atoms with Crippen molar-refractivity contribution in [3.05, 3.63) is 113 Å². The van der Waals surface area contributed by atoms with Crippen molar-refractivity contribution in [3.8, 4) is 5.69 Å². The number of halogens is 3. The summed E-state index contributed by atoms with van der Waals surface area (Å²) in [6.45, 7) is 10.4. The van der Waals surface area contributed by atoms with Gasteiger partial charge in [-0.05, 0) is 49.6 Å². The molecule has 2 N–H and O–H groups in total. The van der Waals surface area contributed by atoms with Crippen molar-refractivity contribution in [1.29, 1.82) is 0 Å². The largest absolute Gasteiger partial charge is 0.433 e. The molecule has 3 amide bonds. The molecule has 4 aromatic rings. The lowest BCUT2D eigenvalue weighted by Crippen LogP contribution is -2.73. The Labute approximate surface area is 297 Å². The normalized spacial score (nSPS) is 20.0. The van der Waals surface area contributed by atoms with Crippen LogP contribution in [0.3, 0.4) is 0 Å². The van der Waals surface area contributed by atoms with Crippen LogP contribution in [-0.4, -0.2) is 86.3 Å². The Morgan fingerprint density at radius 2 is 1.88 bits per heavy atom. The predicted octanol–water partition coefficient (Wildman–Crippen LogP) is 4.01. The van der Waals surface area contributed by atoms with E-state index in [2.05, 4.69) is 37.2 Å². The number of hydrogen-bond donors (Lipinski definition) is 2. The topological polar surface area (TPSA) is 135 Å². The summed E-state index contributed by atoms with van der Waals surface area (Å²) in [5.41, 5.74) is 1.79. The monoisotopic (exact) mass is 714 g/mol. The maximum absolute atomic E-state index is 14.3. The maximum atomic E-state index is 14.3. The van der Waals surface area contributed by atoms with Crippen LogP contribution < -0.4 is 15.5 Å². The van der Waals surface area contributed by atoms with Gasteiger partial charge < -0.3 is 15.4 Å². The molecule has 3 aliphatic rings. The number of aromatic nitrogens is 4. The molecule has 5 heterocycles. The van der Waals surface area contributed by atoms with Gasteiger partial charge in [-0.25, -0.2) is 14.6 Å². The summed E-state index contributed by atoms with van der Waals surface area (Å²) in [5, 5.41) is 10.2. The molecule has 3 aliphatic heterocycles. The molecule has 2 aromatic heterocycles. The summed E-state index contributed by atoms with van der Waals surface area (Å²) in [6.07, 6.45) is -1.30. The first kappa shape index (κ1) is 35.0. The van der Waals surface area contributed by atoms with E-state index in [4.69, 9.17) is 4.74 Å². The van der Waals surface area contributed by atoms with Crippen LogP contribution in [-0.2, 0) is 27.0 Å². The predicted molar refractivity (Wildman–Crippen MR) is 183 cm³/mol. The highest BCUT2D eigenvalue weighted by Gasteiger charge is 2.53. The lowest BCUT2D eigenvalue weighted by molar-refractivity contribution is -0.200. The molecular formula is C37H37F3N8O4. The minimum absolute atomic E-state index is 0.00581. The van der Waals surface area contributed by atoms with Crippen molar-refractivity contribution in [2.24, 2.45) is 0 Å². The third kappa shape index (κ3) is 6.23. The average molecular weight is 715 g/mol. The average Bonchev–Trinajstić information content (AvgIpc) is 3.54. The van der Waals surface area contributed by atoms with E-state index in [1.165, 1.54) is 4.90 Å². The van der Waals surface area contributed by atoms with Gasteiger partial charge in [-0.3, -0.25) is 24.2 Å². The number of nitrogens with one attached hydrogen (secondary N) is 2. The van der Waals surface area contributed by atoms with Gasteiger partial charge in [0.25, 0.3) is 11.8 Å². The van der Waals surface area contributed by atoms with Crippen molar-refractivity contribution >= 4 is 23.5 Å². The van der Waals surface area contributed by atoms with Gasteiger partial charge >= 0.3 is 6.18 Å². The zero-order valence-electron chi connectivity index (χ0n) is 28.6. The molecule has 0 saturated carbocycles. The summed E-state index contributed by atoms with van der Waals surface area (Å²) in [7, 11) is 0. The number of carbonyl (C=O) groups is 3. The van der Waals surface area contributed by atoms with Crippen LogP contribution in [0, 0.1) is 0 Å². The van der Waals surface area contributed by atoms with Crippen LogP contribution in [0.25, 0.3) is 5.69 Å². The minimum Gasteiger partial charge on any atom is -0.377 e. The molecule has 3 atom stereocenters. The highest BCUT2D eigenvalue weighted by Crippen LogP contribution is 2.42. The summed E-state index contributed by atoms with van der Waals surface area (Å²) < 4.78 is 47.4. The molecule has 0 radical (unpaired) electrons. The summed E-state index contributed by atoms with van der Waals surface area (Å²) in [6, 6.07) is 15.7. The second-order valence-corrected chi connectivity index (χ2v) is 13.2. The molecule has 0 bridgehead atoms. The molecule has 12 nitrogen and oxygen atoms in total. The number of amides is 3. The smallest absolute Gasteiger partial charge is 0.377 e. The van der Waals surface area contributed by atoms with Gasteiger partial charge in [0.1, 0.15) is 17.6 Å². The first-order chi connectivity index (χ1) is 24.9. The maximum Gasteiger partial charge on any atom is 0.433 e. The molecule has 0 aliphatic carbocycles. The fourth-order valence-corrected chi connectivity index (χ4v) is 7.23. The Morgan fingerprint density at radius 1 is 1.12 bits per heavy atom. The lowest BCUT2D eigenvalue weighted by Gasteiger charge is -2.60. The Kier molecular flexibility index (Phi) is 9.17. The molecule has 52 heavy (non-hydrogen) atoms. The van der Waals surface area contributed by atoms with E-state index in [0.29, 0.717) is 53.0 Å². The zero-order chi connectivity index (χ0) is 36.8. The van der Waals surface area contributed by atoms with Crippen molar-refractivity contribution in [2.45, 2.75) is 56.5 Å². The second kappa shape index (κ2) is 13.6. The number of rotatable bonds is 10. The van der Waals surface area contributed by atoms with E-state index >= 15 is 0 Å². The van der Waals surface area contributed by atoms with Gasteiger partial charge in [0.15, 0.2) is 0 Å². The standard InChI is InChI=1S/C37H37F3N8O4/c1-4-46-34-27(19-43-48(34)26-11-6-5-7-12-26)29(30(35(46)51)45-33(50)31-41-15-13-28(44-31)37(38,39)40)25-10-8-9-24(17-25)18-42-32(49)22(2)23(3)47-16-14-36(47)20-52-21-36/h5-13,15,17,19,23,29-30H,2,4,14,16,18,20-21H2,1,3H3,(H,42,49)(H,45,50)/t23?,29-,30+/m1/s1. The van der Waals surface area contributed by atoms with Crippen LogP contribution in [0.2, 0.25) is 0 Å². The van der Waals surface area contributed by atoms with Gasteiger partial charge in [-0.15, -0.1) is 0 Å². The molecule has 1 unspecified atom stereocenters. The number of benzene rings is 2. The van der Waals surface area contributed by atoms with Crippen molar-refractivity contribution in [1.82, 2.24) is 35.3 Å². The fraction of sp³-hybridized carbons (Fsp3) is 0.351. The molecule has 7 rings (SSSR count). The van der Waals surface area contributed by atoms with Crippen LogP contribution in [0.4, 0.5) is 19.0 Å². The highest BCUT2D eigenvalue weighted by molar-refractivity contribution is 6.04. The first-order valence-electron chi connectivity index (χ1n) is 17.0. The van der Waals surface area contributed by atoms with E-state index in [9.17, 15) is 27.6 Å². The second-order valence-electron chi connectivity index (χ2n) is 13.2. The fourth-order valence-electron chi connectivity index (χ4n) is 7.23. The van der Waals surface area contributed by atoms with Crippen molar-refractivity contribution in [2.75, 3.05) is 31.2 Å². The number of likely N-dealkylation sites (tertiary alicyclic amines) is 1. The van der Waals surface area contributed by atoms with Crippen molar-refractivity contribution in [3.63, 3.8) is 0 Å². The molecule has 2 fully saturated rings. The third-order valence-electron chi connectivity index (χ3n) is 10.2. The Balaban J connectivity index is 1.20. The number of alkyl halides is 3. The van der Waals surface area contributed by atoms with Gasteiger partial charge in [-0.2, -0.15) is 18.3 Å². The number of hydrogen-bond acceptors (Lipinski definition) is 8. The molecule has 270 valence electrons. The number of para-hydroxylation sites is 1. The minimum atomic E-state index is -4.80. The molecular weight excluding hydrogens is 677 g/mol. The zero-order valence-corrected chi connectivity index (χ0v) is 28.6. The van der Waals surface area contributed by atoms with Crippen LogP contribution in [0.15, 0.2) is 85.2 Å². The number of likely N-dealkylation sites (N-methyl/N-ethyl adjacent to an activating group) is 1. The summed E-state index contributed by atoms with van der Waals surface area (Å²) in [5.74, 6) is -2.88. The van der Waals surface area contributed by atoms with Gasteiger partial charge in [0.05, 0.1) is 30.6 Å². The summed E-state index contributed by atoms with van der Waals surface area (Å²) in [4.78, 5) is 52.0. The Morgan fingerprint density at radius 3 is 2.54 bits per heavy atom. The first-order valence-corrected chi connectivity index (χ1v) is 17.0. The number of carbonyl (C=O) groups excluding carboxylic acids is 3. The van der Waals surface area contributed by atoms with Crippen LogP contribution in [0.1, 0.15) is 59.2 Å². The quantitative estimate of drug-likeness (QED) is 0.236. The Bertz CT molecular complexity index is 2020. The SMILES string of the molecule is C=C(C(=O)NCc1cccc([C@@H]2c3cnn(-c4ccccc4)c3N(CC)C(=O)[C@H]2NC(=O)c2nccc(C(F)(F)F)n2)c1)C(C)N1CCC12COC2. The van der Waals surface area contributed by atoms with E-state index in [1.54, 1.807) is 29.9 Å². The van der Waals surface area contributed by atoms with Gasteiger partial charge in [0, 0.05) is 48.9 Å². The Hall–Kier alpha value is -5.41. The molecule has 2 saturated heterocycles. The third-order valence-corrected chi connectivity index (χ3v) is 10.2. The number of anilines is 1. The van der Waals surface area contributed by atoms with Gasteiger partial charge in [-0.1, -0.05) is 49.0 Å².